The molecule has 1 amide bonds. The summed E-state index contributed by atoms with van der Waals surface area (Å²) in [5.41, 5.74) is 5.37. The van der Waals surface area contributed by atoms with Crippen molar-refractivity contribution < 1.29 is 4.79 Å². The van der Waals surface area contributed by atoms with Gasteiger partial charge in [-0.3, -0.25) is 10.2 Å². The van der Waals surface area contributed by atoms with Gasteiger partial charge in [0, 0.05) is 19.5 Å². The molecule has 0 aromatic heterocycles. The largest absolute Gasteiger partial charge is 0.316 e. The highest BCUT2D eigenvalue weighted by Gasteiger charge is 1.92. The van der Waals surface area contributed by atoms with Crippen molar-refractivity contribution in [1.29, 1.82) is 0 Å². The molecule has 0 fully saturated rings. The van der Waals surface area contributed by atoms with Crippen LogP contribution in [0, 0.1) is 0 Å². The number of hydrazine groups is 1. The lowest BCUT2D eigenvalue weighted by atomic mass is 10.5. The van der Waals surface area contributed by atoms with Crippen LogP contribution in [0.25, 0.3) is 0 Å². The summed E-state index contributed by atoms with van der Waals surface area (Å²) in [6, 6.07) is 0. The summed E-state index contributed by atoms with van der Waals surface area (Å²) in [7, 11) is 0. The molecular formula is C7H17N3O. The van der Waals surface area contributed by atoms with Crippen LogP contribution >= 0.6 is 0 Å². The highest BCUT2D eigenvalue weighted by atomic mass is 16.2. The molecule has 0 rings (SSSR count). The Morgan fingerprint density at radius 3 is 2.55 bits per heavy atom. The maximum Gasteiger partial charge on any atom is 0.233 e. The van der Waals surface area contributed by atoms with E-state index in [1.165, 1.54) is 0 Å². The van der Waals surface area contributed by atoms with Gasteiger partial charge in [0.15, 0.2) is 0 Å². The van der Waals surface area contributed by atoms with E-state index in [9.17, 15) is 4.79 Å². The lowest BCUT2D eigenvalue weighted by Crippen LogP contribution is -2.40. The van der Waals surface area contributed by atoms with Crippen LogP contribution < -0.4 is 16.2 Å². The molecule has 0 saturated carbocycles. The first-order valence-corrected chi connectivity index (χ1v) is 4.03. The molecule has 0 aliphatic rings. The second-order valence-electron chi connectivity index (χ2n) is 2.18. The molecule has 0 heterocycles. The van der Waals surface area contributed by atoms with Crippen molar-refractivity contribution in [2.75, 3.05) is 19.6 Å². The van der Waals surface area contributed by atoms with Gasteiger partial charge in [-0.25, -0.2) is 5.43 Å². The summed E-state index contributed by atoms with van der Waals surface area (Å²) in [4.78, 5) is 10.7. The fraction of sp³-hybridized carbons (Fsp3) is 0.857. The molecule has 4 nitrogen and oxygen atoms in total. The van der Waals surface area contributed by atoms with Gasteiger partial charge in [-0.2, -0.15) is 0 Å². The molecule has 0 atom stereocenters. The zero-order valence-electron chi connectivity index (χ0n) is 7.24. The maximum atomic E-state index is 10.7. The smallest absolute Gasteiger partial charge is 0.233 e. The van der Waals surface area contributed by atoms with E-state index in [0.717, 1.165) is 19.6 Å². The van der Waals surface area contributed by atoms with E-state index >= 15 is 0 Å². The van der Waals surface area contributed by atoms with Gasteiger partial charge in [-0.1, -0.05) is 13.8 Å². The van der Waals surface area contributed by atoms with Crippen molar-refractivity contribution in [3.8, 4) is 0 Å². The Bertz CT molecular complexity index is 106. The summed E-state index contributed by atoms with van der Waals surface area (Å²) in [5, 5.41) is 3.13. The average molecular weight is 159 g/mol. The van der Waals surface area contributed by atoms with Gasteiger partial charge in [0.2, 0.25) is 5.91 Å². The number of likely N-dealkylation sites (N-methyl/N-ethyl adjacent to an activating group) is 1. The topological polar surface area (TPSA) is 53.2 Å². The number of carbonyl (C=O) groups excluding carboxylic acids is 1. The third-order valence-corrected chi connectivity index (χ3v) is 1.23. The zero-order valence-corrected chi connectivity index (χ0v) is 7.24. The molecule has 0 aromatic carbocycles. The summed E-state index contributed by atoms with van der Waals surface area (Å²) in [6.07, 6.45) is 0.522. The molecule has 0 spiro atoms. The van der Waals surface area contributed by atoms with Crippen LogP contribution in [0.15, 0.2) is 0 Å². The molecule has 0 bridgehead atoms. The third-order valence-electron chi connectivity index (χ3n) is 1.23. The molecular weight excluding hydrogens is 142 g/mol. The predicted octanol–water partition coefficient (Wildman–Crippen LogP) is -0.373. The van der Waals surface area contributed by atoms with Crippen LogP contribution in [0.3, 0.4) is 0 Å². The van der Waals surface area contributed by atoms with Gasteiger partial charge in [0.05, 0.1) is 0 Å². The number of nitrogens with one attached hydrogen (secondary N) is 3. The fourth-order valence-electron chi connectivity index (χ4n) is 0.577. The molecule has 3 N–H and O–H groups in total. The van der Waals surface area contributed by atoms with E-state index in [1.54, 1.807) is 0 Å². The van der Waals surface area contributed by atoms with Gasteiger partial charge in [0.1, 0.15) is 0 Å². The van der Waals surface area contributed by atoms with Crippen molar-refractivity contribution in [1.82, 2.24) is 16.2 Å². The van der Waals surface area contributed by atoms with Crippen molar-refractivity contribution in [3.05, 3.63) is 0 Å². The van der Waals surface area contributed by atoms with E-state index < -0.39 is 0 Å². The van der Waals surface area contributed by atoms with Crippen LogP contribution in [0.5, 0.6) is 0 Å². The van der Waals surface area contributed by atoms with Crippen LogP contribution in [0.2, 0.25) is 0 Å². The number of hydrogen-bond acceptors (Lipinski definition) is 3. The lowest BCUT2D eigenvalue weighted by molar-refractivity contribution is -0.121. The standard InChI is InChI=1S/C7H17N3O/c1-3-7(11)10-9-6-5-8-4-2/h8-9H,3-6H2,1-2H3,(H,10,11). The van der Waals surface area contributed by atoms with Gasteiger partial charge in [-0.05, 0) is 6.54 Å². The third kappa shape index (κ3) is 7.29. The minimum Gasteiger partial charge on any atom is -0.316 e. The molecule has 11 heavy (non-hydrogen) atoms. The van der Waals surface area contributed by atoms with Crippen molar-refractivity contribution in [3.63, 3.8) is 0 Å². The number of rotatable bonds is 6. The Kier molecular flexibility index (Phi) is 7.08. The molecule has 66 valence electrons. The Labute approximate surface area is 67.7 Å². The van der Waals surface area contributed by atoms with E-state index in [0.29, 0.717) is 6.42 Å². The Balaban J connectivity index is 2.95. The maximum absolute atomic E-state index is 10.7. The van der Waals surface area contributed by atoms with Gasteiger partial charge in [-0.15, -0.1) is 0 Å². The van der Waals surface area contributed by atoms with E-state index in [2.05, 4.69) is 16.2 Å². The highest BCUT2D eigenvalue weighted by molar-refractivity contribution is 5.74. The minimum absolute atomic E-state index is 0.0292. The molecule has 0 aliphatic carbocycles. The van der Waals surface area contributed by atoms with E-state index in [-0.39, 0.29) is 5.91 Å². The molecule has 0 saturated heterocycles. The average Bonchev–Trinajstić information content (AvgIpc) is 2.04. The van der Waals surface area contributed by atoms with Crippen LogP contribution in [0.1, 0.15) is 20.3 Å². The summed E-state index contributed by atoms with van der Waals surface area (Å²) in [6.45, 7) is 6.47. The molecule has 0 radical (unpaired) electrons. The fourth-order valence-corrected chi connectivity index (χ4v) is 0.577. The lowest BCUT2D eigenvalue weighted by Gasteiger charge is -2.05. The molecule has 4 heteroatoms. The first kappa shape index (κ1) is 10.4. The molecule has 0 aliphatic heterocycles. The van der Waals surface area contributed by atoms with Gasteiger partial charge in [0.25, 0.3) is 0 Å². The SMILES string of the molecule is CCNCCNNC(=O)CC. The summed E-state index contributed by atoms with van der Waals surface area (Å²) < 4.78 is 0. The van der Waals surface area contributed by atoms with Crippen molar-refractivity contribution in [2.45, 2.75) is 20.3 Å². The van der Waals surface area contributed by atoms with Gasteiger partial charge >= 0.3 is 0 Å². The molecule has 0 unspecified atom stereocenters. The van der Waals surface area contributed by atoms with E-state index in [4.69, 9.17) is 0 Å². The monoisotopic (exact) mass is 159 g/mol. The Hall–Kier alpha value is -0.610. The molecule has 0 aromatic rings. The number of carbonyl (C=O) groups is 1. The van der Waals surface area contributed by atoms with E-state index in [1.807, 2.05) is 13.8 Å². The Morgan fingerprint density at radius 2 is 2.00 bits per heavy atom. The van der Waals surface area contributed by atoms with Crippen LogP contribution in [0.4, 0.5) is 0 Å². The first-order valence-electron chi connectivity index (χ1n) is 4.03. The normalized spacial score (nSPS) is 9.64. The van der Waals surface area contributed by atoms with Gasteiger partial charge < -0.3 is 5.32 Å². The zero-order chi connectivity index (χ0) is 8.53. The Morgan fingerprint density at radius 1 is 1.27 bits per heavy atom. The second-order valence-corrected chi connectivity index (χ2v) is 2.18. The van der Waals surface area contributed by atoms with Crippen molar-refractivity contribution >= 4 is 5.91 Å². The van der Waals surface area contributed by atoms with Crippen LogP contribution in [-0.2, 0) is 4.79 Å². The number of amides is 1. The predicted molar refractivity (Wildman–Crippen MR) is 45.0 cm³/mol. The highest BCUT2D eigenvalue weighted by Crippen LogP contribution is 1.69. The second kappa shape index (κ2) is 7.50. The van der Waals surface area contributed by atoms with Crippen molar-refractivity contribution in [2.24, 2.45) is 0 Å². The minimum atomic E-state index is 0.0292. The van der Waals surface area contributed by atoms with Crippen LogP contribution in [-0.4, -0.2) is 25.5 Å². The quantitative estimate of drug-likeness (QED) is 0.366. The number of hydrogen-bond donors (Lipinski definition) is 3. The summed E-state index contributed by atoms with van der Waals surface area (Å²) >= 11 is 0. The summed E-state index contributed by atoms with van der Waals surface area (Å²) in [5.74, 6) is 0.0292. The first-order chi connectivity index (χ1) is 5.31.